The Bertz CT molecular complexity index is 389. The Morgan fingerprint density at radius 2 is 1.83 bits per heavy atom. The Hall–Kier alpha value is -1.38. The number of hydrogen-bond donors (Lipinski definition) is 0. The molecule has 0 unspecified atom stereocenters. The van der Waals surface area contributed by atoms with E-state index in [4.69, 9.17) is 0 Å². The standard InChI is InChI=1S/C9H11N3/c1-7(2)8-3-5-10-12-9(8)4-6-11-12/h3-7H,1-2H3. The Kier molecular flexibility index (Phi) is 1.57. The van der Waals surface area contributed by atoms with Gasteiger partial charge in [0, 0.05) is 6.20 Å². The van der Waals surface area contributed by atoms with Gasteiger partial charge in [0.2, 0.25) is 0 Å². The third kappa shape index (κ3) is 0.978. The van der Waals surface area contributed by atoms with Crippen LogP contribution in [-0.2, 0) is 0 Å². The van der Waals surface area contributed by atoms with E-state index in [0.717, 1.165) is 5.52 Å². The average molecular weight is 161 g/mol. The zero-order chi connectivity index (χ0) is 8.55. The molecule has 3 nitrogen and oxygen atoms in total. The summed E-state index contributed by atoms with van der Waals surface area (Å²) in [6.45, 7) is 4.34. The maximum absolute atomic E-state index is 4.09. The molecule has 0 saturated carbocycles. The van der Waals surface area contributed by atoms with E-state index in [-0.39, 0.29) is 0 Å². The average Bonchev–Trinajstić information content (AvgIpc) is 2.49. The highest BCUT2D eigenvalue weighted by molar-refractivity contribution is 5.53. The Balaban J connectivity index is 2.73. The molecule has 0 spiro atoms. The molecule has 0 N–H and O–H groups in total. The smallest absolute Gasteiger partial charge is 0.0907 e. The molecule has 0 aliphatic rings. The summed E-state index contributed by atoms with van der Waals surface area (Å²) in [5, 5.41) is 8.16. The van der Waals surface area contributed by atoms with Gasteiger partial charge >= 0.3 is 0 Å². The largest absolute Gasteiger partial charge is 0.159 e. The summed E-state index contributed by atoms with van der Waals surface area (Å²) < 4.78 is 1.66. The van der Waals surface area contributed by atoms with Crippen LogP contribution in [0.2, 0.25) is 0 Å². The predicted octanol–water partition coefficient (Wildman–Crippen LogP) is 1.85. The predicted molar refractivity (Wildman–Crippen MR) is 47.1 cm³/mol. The molecule has 0 bridgehead atoms. The second-order valence-corrected chi connectivity index (χ2v) is 3.15. The van der Waals surface area contributed by atoms with Crippen molar-refractivity contribution in [2.24, 2.45) is 0 Å². The minimum Gasteiger partial charge on any atom is -0.159 e. The maximum Gasteiger partial charge on any atom is 0.0907 e. The van der Waals surface area contributed by atoms with Gasteiger partial charge in [-0.1, -0.05) is 13.8 Å². The van der Waals surface area contributed by atoms with Gasteiger partial charge in [-0.05, 0) is 23.6 Å². The van der Waals surface area contributed by atoms with E-state index in [1.54, 1.807) is 17.0 Å². The molecule has 12 heavy (non-hydrogen) atoms. The van der Waals surface area contributed by atoms with Gasteiger partial charge < -0.3 is 0 Å². The molecule has 0 aliphatic carbocycles. The quantitative estimate of drug-likeness (QED) is 0.639. The number of aromatic nitrogens is 3. The van der Waals surface area contributed by atoms with Crippen LogP contribution < -0.4 is 0 Å². The lowest BCUT2D eigenvalue weighted by atomic mass is 10.0. The van der Waals surface area contributed by atoms with Crippen molar-refractivity contribution in [1.82, 2.24) is 14.8 Å². The van der Waals surface area contributed by atoms with Crippen LogP contribution in [0.1, 0.15) is 25.3 Å². The molecule has 62 valence electrons. The van der Waals surface area contributed by atoms with Crippen molar-refractivity contribution < 1.29 is 0 Å². The van der Waals surface area contributed by atoms with Gasteiger partial charge in [-0.15, -0.1) is 0 Å². The first-order valence-corrected chi connectivity index (χ1v) is 4.08. The highest BCUT2D eigenvalue weighted by atomic mass is 15.4. The molecule has 2 aromatic heterocycles. The molecule has 0 fully saturated rings. The highest BCUT2D eigenvalue weighted by Crippen LogP contribution is 2.18. The molecule has 2 aromatic rings. The van der Waals surface area contributed by atoms with E-state index >= 15 is 0 Å². The lowest BCUT2D eigenvalue weighted by Gasteiger charge is -2.05. The molecule has 0 radical (unpaired) electrons. The maximum atomic E-state index is 4.09. The lowest BCUT2D eigenvalue weighted by molar-refractivity contribution is 0.773. The molecule has 0 saturated heterocycles. The van der Waals surface area contributed by atoms with Gasteiger partial charge in [0.1, 0.15) is 0 Å². The van der Waals surface area contributed by atoms with Gasteiger partial charge in [-0.2, -0.15) is 14.8 Å². The molecule has 0 amide bonds. The number of fused-ring (bicyclic) bond motifs is 1. The van der Waals surface area contributed by atoms with E-state index in [9.17, 15) is 0 Å². The summed E-state index contributed by atoms with van der Waals surface area (Å²) >= 11 is 0. The highest BCUT2D eigenvalue weighted by Gasteiger charge is 2.04. The van der Waals surface area contributed by atoms with Crippen molar-refractivity contribution in [3.63, 3.8) is 0 Å². The molecular formula is C9H11N3. The van der Waals surface area contributed by atoms with Crippen LogP contribution in [-0.4, -0.2) is 14.8 Å². The first-order chi connectivity index (χ1) is 5.79. The molecule has 2 heterocycles. The number of hydrogen-bond acceptors (Lipinski definition) is 2. The first-order valence-electron chi connectivity index (χ1n) is 4.08. The van der Waals surface area contributed by atoms with Crippen LogP contribution in [0.3, 0.4) is 0 Å². The van der Waals surface area contributed by atoms with Crippen LogP contribution in [0.15, 0.2) is 24.5 Å². The Morgan fingerprint density at radius 3 is 2.50 bits per heavy atom. The topological polar surface area (TPSA) is 30.2 Å². The summed E-state index contributed by atoms with van der Waals surface area (Å²) in [4.78, 5) is 0. The third-order valence-electron chi connectivity index (χ3n) is 1.97. The SMILES string of the molecule is CC(C)c1ccnn2nccc12. The monoisotopic (exact) mass is 161 g/mol. The molecule has 0 aromatic carbocycles. The summed E-state index contributed by atoms with van der Waals surface area (Å²) in [5.41, 5.74) is 2.40. The molecular weight excluding hydrogens is 150 g/mol. The van der Waals surface area contributed by atoms with Gasteiger partial charge in [-0.25, -0.2) is 0 Å². The fraction of sp³-hybridized carbons (Fsp3) is 0.333. The fourth-order valence-electron chi connectivity index (χ4n) is 1.35. The van der Waals surface area contributed by atoms with Gasteiger partial charge in [0.05, 0.1) is 11.7 Å². The normalized spacial score (nSPS) is 11.2. The van der Waals surface area contributed by atoms with Crippen LogP contribution in [0.4, 0.5) is 0 Å². The van der Waals surface area contributed by atoms with Crippen molar-refractivity contribution in [2.45, 2.75) is 19.8 Å². The van der Waals surface area contributed by atoms with Gasteiger partial charge in [0.15, 0.2) is 0 Å². The van der Waals surface area contributed by atoms with Gasteiger partial charge in [0.25, 0.3) is 0 Å². The minimum absolute atomic E-state index is 0.521. The zero-order valence-corrected chi connectivity index (χ0v) is 7.23. The Morgan fingerprint density at radius 1 is 1.17 bits per heavy atom. The second kappa shape index (κ2) is 2.59. The van der Waals surface area contributed by atoms with Crippen LogP contribution in [0.25, 0.3) is 5.52 Å². The lowest BCUT2D eigenvalue weighted by Crippen LogP contribution is -1.97. The van der Waals surface area contributed by atoms with Crippen molar-refractivity contribution in [1.29, 1.82) is 0 Å². The molecule has 3 heteroatoms. The molecule has 2 rings (SSSR count). The van der Waals surface area contributed by atoms with E-state index in [1.807, 2.05) is 12.1 Å². The molecule has 0 aliphatic heterocycles. The number of nitrogens with zero attached hydrogens (tertiary/aromatic N) is 3. The van der Waals surface area contributed by atoms with Crippen LogP contribution >= 0.6 is 0 Å². The molecule has 0 atom stereocenters. The Labute approximate surface area is 71.0 Å². The van der Waals surface area contributed by atoms with Crippen molar-refractivity contribution in [3.05, 3.63) is 30.1 Å². The van der Waals surface area contributed by atoms with E-state index in [1.165, 1.54) is 5.56 Å². The van der Waals surface area contributed by atoms with E-state index in [2.05, 4.69) is 24.0 Å². The van der Waals surface area contributed by atoms with Crippen molar-refractivity contribution >= 4 is 5.52 Å². The first kappa shape index (κ1) is 7.28. The third-order valence-corrected chi connectivity index (χ3v) is 1.97. The summed E-state index contributed by atoms with van der Waals surface area (Å²) in [6, 6.07) is 4.03. The van der Waals surface area contributed by atoms with Gasteiger partial charge in [-0.3, -0.25) is 0 Å². The summed E-state index contributed by atoms with van der Waals surface area (Å²) in [7, 11) is 0. The van der Waals surface area contributed by atoms with Crippen molar-refractivity contribution in [2.75, 3.05) is 0 Å². The van der Waals surface area contributed by atoms with E-state index < -0.39 is 0 Å². The zero-order valence-electron chi connectivity index (χ0n) is 7.23. The van der Waals surface area contributed by atoms with E-state index in [0.29, 0.717) is 5.92 Å². The number of rotatable bonds is 1. The summed E-state index contributed by atoms with van der Waals surface area (Å²) in [6.07, 6.45) is 3.56. The second-order valence-electron chi connectivity index (χ2n) is 3.15. The van der Waals surface area contributed by atoms with Crippen molar-refractivity contribution in [3.8, 4) is 0 Å². The minimum atomic E-state index is 0.521. The van der Waals surface area contributed by atoms with Crippen LogP contribution in [0, 0.1) is 0 Å². The fourth-order valence-corrected chi connectivity index (χ4v) is 1.35. The summed E-state index contributed by atoms with van der Waals surface area (Å²) in [5.74, 6) is 0.521. The van der Waals surface area contributed by atoms with Crippen LogP contribution in [0.5, 0.6) is 0 Å².